The van der Waals surface area contributed by atoms with Crippen molar-refractivity contribution in [2.45, 2.75) is 44.9 Å². The van der Waals surface area contributed by atoms with Crippen molar-refractivity contribution in [3.63, 3.8) is 0 Å². The van der Waals surface area contributed by atoms with Crippen molar-refractivity contribution in [3.8, 4) is 0 Å². The average Bonchev–Trinajstić information content (AvgIpc) is 2.42. The SMILES string of the molecule is SC=CCC1CCCCC1(CC=CS)CC=CS. The maximum absolute atomic E-state index is 4.21. The van der Waals surface area contributed by atoms with Crippen LogP contribution in [-0.2, 0) is 0 Å². The summed E-state index contributed by atoms with van der Waals surface area (Å²) in [6.45, 7) is 0. The fraction of sp³-hybridized carbons (Fsp3) is 0.600. The lowest BCUT2D eigenvalue weighted by Crippen LogP contribution is -2.33. The zero-order valence-corrected chi connectivity index (χ0v) is 13.5. The minimum atomic E-state index is 0.393. The molecule has 1 aliphatic carbocycles. The quantitative estimate of drug-likeness (QED) is 0.518. The molecule has 0 aromatic rings. The second kappa shape index (κ2) is 9.22. The van der Waals surface area contributed by atoms with Crippen molar-refractivity contribution in [1.29, 1.82) is 0 Å². The Kier molecular flexibility index (Phi) is 8.36. The minimum absolute atomic E-state index is 0.393. The maximum atomic E-state index is 4.21. The molecule has 0 saturated heterocycles. The summed E-state index contributed by atoms with van der Waals surface area (Å²) in [7, 11) is 0. The van der Waals surface area contributed by atoms with E-state index >= 15 is 0 Å². The van der Waals surface area contributed by atoms with Crippen molar-refractivity contribution in [1.82, 2.24) is 0 Å². The topological polar surface area (TPSA) is 0 Å². The van der Waals surface area contributed by atoms with Crippen LogP contribution in [0.4, 0.5) is 0 Å². The van der Waals surface area contributed by atoms with Gasteiger partial charge in [-0.15, -0.1) is 0 Å². The molecule has 0 aromatic heterocycles. The minimum Gasteiger partial charge on any atom is -0.152 e. The first kappa shape index (κ1) is 16.3. The van der Waals surface area contributed by atoms with Crippen LogP contribution >= 0.6 is 37.9 Å². The predicted octanol–water partition coefficient (Wildman–Crippen LogP) is 5.66. The van der Waals surface area contributed by atoms with Gasteiger partial charge in [0.2, 0.25) is 0 Å². The van der Waals surface area contributed by atoms with Gasteiger partial charge in [0, 0.05) is 0 Å². The van der Waals surface area contributed by atoms with E-state index in [1.807, 2.05) is 16.2 Å². The monoisotopic (exact) mass is 300 g/mol. The molecule has 1 unspecified atom stereocenters. The lowest BCUT2D eigenvalue weighted by Gasteiger charge is -2.43. The summed E-state index contributed by atoms with van der Waals surface area (Å²) in [4.78, 5) is 0. The molecule has 0 bridgehead atoms. The van der Waals surface area contributed by atoms with E-state index in [-0.39, 0.29) is 0 Å². The molecule has 0 aliphatic heterocycles. The molecule has 0 heterocycles. The van der Waals surface area contributed by atoms with Gasteiger partial charge in [0.05, 0.1) is 0 Å². The third kappa shape index (κ3) is 4.75. The Bertz CT molecular complexity index is 291. The number of hydrogen-bond acceptors (Lipinski definition) is 3. The van der Waals surface area contributed by atoms with Crippen LogP contribution in [0.2, 0.25) is 0 Å². The van der Waals surface area contributed by atoms with E-state index in [2.05, 4.69) is 56.1 Å². The Labute approximate surface area is 128 Å². The van der Waals surface area contributed by atoms with E-state index < -0.39 is 0 Å². The van der Waals surface area contributed by atoms with Gasteiger partial charge in [0.25, 0.3) is 0 Å². The van der Waals surface area contributed by atoms with Crippen LogP contribution in [0.1, 0.15) is 44.9 Å². The van der Waals surface area contributed by atoms with Gasteiger partial charge in [-0.2, -0.15) is 37.9 Å². The normalized spacial score (nSPS) is 29.8. The van der Waals surface area contributed by atoms with Crippen LogP contribution in [0.3, 0.4) is 0 Å². The molecule has 0 aromatic carbocycles. The molecule has 0 spiro atoms. The summed E-state index contributed by atoms with van der Waals surface area (Å²) in [6, 6.07) is 0. The average molecular weight is 301 g/mol. The molecule has 1 atom stereocenters. The van der Waals surface area contributed by atoms with Crippen molar-refractivity contribution < 1.29 is 0 Å². The van der Waals surface area contributed by atoms with Crippen LogP contribution in [-0.4, -0.2) is 0 Å². The van der Waals surface area contributed by atoms with Gasteiger partial charge < -0.3 is 0 Å². The first-order valence-electron chi connectivity index (χ1n) is 6.67. The van der Waals surface area contributed by atoms with Crippen molar-refractivity contribution >= 4 is 37.9 Å². The van der Waals surface area contributed by atoms with Crippen LogP contribution < -0.4 is 0 Å². The summed E-state index contributed by atoms with van der Waals surface area (Å²) in [5, 5.41) is 5.64. The third-order valence-corrected chi connectivity index (χ3v) is 4.76. The summed E-state index contributed by atoms with van der Waals surface area (Å²) < 4.78 is 0. The molecule has 1 aliphatic rings. The molecule has 0 N–H and O–H groups in total. The van der Waals surface area contributed by atoms with E-state index in [9.17, 15) is 0 Å². The molecular weight excluding hydrogens is 276 g/mol. The number of rotatable bonds is 6. The van der Waals surface area contributed by atoms with Crippen LogP contribution in [0.15, 0.2) is 34.5 Å². The molecule has 3 heteroatoms. The fourth-order valence-corrected chi connectivity index (χ4v) is 3.50. The Morgan fingerprint density at radius 3 is 2.06 bits per heavy atom. The highest BCUT2D eigenvalue weighted by Gasteiger charge is 2.37. The zero-order chi connectivity index (χ0) is 13.3. The third-order valence-electron chi connectivity index (χ3n) is 4.13. The Morgan fingerprint density at radius 1 is 0.889 bits per heavy atom. The number of hydrogen-bond donors (Lipinski definition) is 3. The molecule has 1 fully saturated rings. The molecule has 102 valence electrons. The first-order valence-corrected chi connectivity index (χ1v) is 8.21. The maximum Gasteiger partial charge on any atom is -0.0197 e. The molecule has 0 radical (unpaired) electrons. The van der Waals surface area contributed by atoms with E-state index in [0.717, 1.165) is 25.2 Å². The van der Waals surface area contributed by atoms with Gasteiger partial charge in [0.15, 0.2) is 0 Å². The summed E-state index contributed by atoms with van der Waals surface area (Å²) >= 11 is 12.6. The Morgan fingerprint density at radius 2 is 1.50 bits per heavy atom. The van der Waals surface area contributed by atoms with E-state index in [4.69, 9.17) is 0 Å². The largest absolute Gasteiger partial charge is 0.152 e. The van der Waals surface area contributed by atoms with Gasteiger partial charge in [-0.25, -0.2) is 0 Å². The van der Waals surface area contributed by atoms with Gasteiger partial charge in [-0.3, -0.25) is 0 Å². The predicted molar refractivity (Wildman–Crippen MR) is 92.6 cm³/mol. The van der Waals surface area contributed by atoms with Gasteiger partial charge >= 0.3 is 0 Å². The van der Waals surface area contributed by atoms with Gasteiger partial charge in [0.1, 0.15) is 0 Å². The fourth-order valence-electron chi connectivity index (χ4n) is 3.17. The second-order valence-corrected chi connectivity index (χ2v) is 6.00. The van der Waals surface area contributed by atoms with Crippen LogP contribution in [0.5, 0.6) is 0 Å². The van der Waals surface area contributed by atoms with Crippen LogP contribution in [0.25, 0.3) is 0 Å². The van der Waals surface area contributed by atoms with E-state index in [1.165, 1.54) is 25.7 Å². The second-order valence-electron chi connectivity index (χ2n) is 5.10. The number of allylic oxidation sites excluding steroid dienone is 3. The standard InChI is InChI=1S/C15H24S3/c16-11-3-7-14-6-1-2-8-15(14,9-4-12-17)10-5-13-18/h3-5,11-14,16-18H,1-2,6-10H2. The van der Waals surface area contributed by atoms with Crippen LogP contribution in [0, 0.1) is 11.3 Å². The number of thiol groups is 3. The van der Waals surface area contributed by atoms with E-state index in [1.54, 1.807) is 0 Å². The summed E-state index contributed by atoms with van der Waals surface area (Å²) in [6.07, 6.45) is 15.4. The smallest absolute Gasteiger partial charge is 0.0197 e. The lowest BCUT2D eigenvalue weighted by atomic mass is 9.61. The van der Waals surface area contributed by atoms with Crippen molar-refractivity contribution in [3.05, 3.63) is 34.5 Å². The summed E-state index contributed by atoms with van der Waals surface area (Å²) in [5.74, 6) is 0.753. The first-order chi connectivity index (χ1) is 8.79. The molecule has 18 heavy (non-hydrogen) atoms. The van der Waals surface area contributed by atoms with Gasteiger partial charge in [-0.1, -0.05) is 31.1 Å². The lowest BCUT2D eigenvalue weighted by molar-refractivity contribution is 0.101. The molecule has 0 nitrogen and oxygen atoms in total. The Hall–Kier alpha value is 0.270. The highest BCUT2D eigenvalue weighted by atomic mass is 32.1. The highest BCUT2D eigenvalue weighted by Crippen LogP contribution is 2.49. The Balaban J connectivity index is 2.84. The van der Waals surface area contributed by atoms with E-state index in [0.29, 0.717) is 5.41 Å². The van der Waals surface area contributed by atoms with Crippen molar-refractivity contribution in [2.24, 2.45) is 11.3 Å². The summed E-state index contributed by atoms with van der Waals surface area (Å²) in [5.41, 5.74) is 0.393. The highest BCUT2D eigenvalue weighted by molar-refractivity contribution is 7.83. The molecule has 1 saturated carbocycles. The zero-order valence-electron chi connectivity index (χ0n) is 10.8. The molecular formula is C15H24S3. The van der Waals surface area contributed by atoms with Crippen molar-refractivity contribution in [2.75, 3.05) is 0 Å². The molecule has 0 amide bonds. The molecule has 1 rings (SSSR count). The van der Waals surface area contributed by atoms with Gasteiger partial charge in [-0.05, 0) is 59.7 Å².